The van der Waals surface area contributed by atoms with Gasteiger partial charge >= 0.3 is 0 Å². The fourth-order valence-electron chi connectivity index (χ4n) is 1.67. The lowest BCUT2D eigenvalue weighted by molar-refractivity contribution is 0.425. The third-order valence-electron chi connectivity index (χ3n) is 2.53. The van der Waals surface area contributed by atoms with Gasteiger partial charge in [0.25, 0.3) is 0 Å². The third-order valence-corrected chi connectivity index (χ3v) is 2.53. The molecule has 84 valence electrons. The molecule has 0 bridgehead atoms. The monoisotopic (exact) mass is 214 g/mol. The minimum absolute atomic E-state index is 0.136. The molecule has 2 aromatic rings. The number of fused-ring (bicyclic) bond motifs is 1. The van der Waals surface area contributed by atoms with Gasteiger partial charge in [-0.2, -0.15) is 0 Å². The molecule has 0 aliphatic heterocycles. The van der Waals surface area contributed by atoms with Crippen LogP contribution in [0.2, 0.25) is 0 Å². The lowest BCUT2D eigenvalue weighted by Gasteiger charge is -2.20. The number of hydrogen-bond acceptors (Lipinski definition) is 2. The van der Waals surface area contributed by atoms with Crippen molar-refractivity contribution in [2.24, 2.45) is 0 Å². The van der Waals surface area contributed by atoms with E-state index in [0.717, 1.165) is 12.1 Å². The van der Waals surface area contributed by atoms with E-state index in [9.17, 15) is 0 Å². The Morgan fingerprint density at radius 3 is 2.62 bits per heavy atom. The topological polar surface area (TPSA) is 24.9 Å². The van der Waals surface area contributed by atoms with E-state index in [2.05, 4.69) is 55.3 Å². The first-order valence-corrected chi connectivity index (χ1v) is 5.64. The van der Waals surface area contributed by atoms with Gasteiger partial charge in [0.1, 0.15) is 0 Å². The fraction of sp³-hybridized carbons (Fsp3) is 0.357. The minimum atomic E-state index is 0.136. The molecule has 0 atom stereocenters. The van der Waals surface area contributed by atoms with Crippen molar-refractivity contribution in [1.29, 1.82) is 0 Å². The van der Waals surface area contributed by atoms with Crippen molar-refractivity contribution < 1.29 is 0 Å². The molecule has 0 fully saturated rings. The van der Waals surface area contributed by atoms with Crippen molar-refractivity contribution >= 4 is 10.9 Å². The van der Waals surface area contributed by atoms with Gasteiger partial charge in [0.05, 0.1) is 5.52 Å². The molecule has 0 radical (unpaired) electrons. The summed E-state index contributed by atoms with van der Waals surface area (Å²) in [5.74, 6) is 0. The van der Waals surface area contributed by atoms with E-state index in [-0.39, 0.29) is 5.54 Å². The second kappa shape index (κ2) is 4.22. The fourth-order valence-corrected chi connectivity index (χ4v) is 1.67. The molecule has 2 heteroatoms. The normalized spacial score (nSPS) is 11.9. The van der Waals surface area contributed by atoms with Crippen LogP contribution in [0, 0.1) is 0 Å². The third kappa shape index (κ3) is 2.58. The summed E-state index contributed by atoms with van der Waals surface area (Å²) in [5, 5.41) is 4.69. The average Bonchev–Trinajstić information content (AvgIpc) is 2.25. The van der Waals surface area contributed by atoms with Crippen LogP contribution in [-0.2, 0) is 6.54 Å². The summed E-state index contributed by atoms with van der Waals surface area (Å²) in [6, 6.07) is 10.4. The van der Waals surface area contributed by atoms with Gasteiger partial charge in [-0.25, -0.2) is 0 Å². The number of aromatic nitrogens is 1. The molecule has 1 aromatic heterocycles. The summed E-state index contributed by atoms with van der Waals surface area (Å²) < 4.78 is 0. The molecule has 0 amide bonds. The predicted molar refractivity (Wildman–Crippen MR) is 68.3 cm³/mol. The SMILES string of the molecule is CC(C)(C)NCc1cccc2cccnc12. The Kier molecular flexibility index (Phi) is 2.92. The minimum Gasteiger partial charge on any atom is -0.308 e. The van der Waals surface area contributed by atoms with Crippen LogP contribution >= 0.6 is 0 Å². The first-order chi connectivity index (χ1) is 7.56. The number of hydrogen-bond donors (Lipinski definition) is 1. The van der Waals surface area contributed by atoms with E-state index in [1.54, 1.807) is 0 Å². The molecule has 2 nitrogen and oxygen atoms in total. The maximum atomic E-state index is 4.44. The van der Waals surface area contributed by atoms with Gasteiger partial charge in [-0.3, -0.25) is 4.98 Å². The van der Waals surface area contributed by atoms with E-state index >= 15 is 0 Å². The Balaban J connectivity index is 2.30. The van der Waals surface area contributed by atoms with Crippen molar-refractivity contribution in [2.75, 3.05) is 0 Å². The van der Waals surface area contributed by atoms with Crippen LogP contribution in [-0.4, -0.2) is 10.5 Å². The lowest BCUT2D eigenvalue weighted by Crippen LogP contribution is -2.35. The van der Waals surface area contributed by atoms with Crippen molar-refractivity contribution in [2.45, 2.75) is 32.9 Å². The van der Waals surface area contributed by atoms with E-state index in [4.69, 9.17) is 0 Å². The highest BCUT2D eigenvalue weighted by atomic mass is 14.9. The Bertz CT molecular complexity index is 478. The molecule has 1 N–H and O–H groups in total. The number of nitrogens with zero attached hydrogens (tertiary/aromatic N) is 1. The van der Waals surface area contributed by atoms with Crippen LogP contribution in [0.5, 0.6) is 0 Å². The molecule has 0 aliphatic carbocycles. The number of benzene rings is 1. The van der Waals surface area contributed by atoms with E-state index in [0.29, 0.717) is 0 Å². The zero-order valence-corrected chi connectivity index (χ0v) is 10.1. The van der Waals surface area contributed by atoms with Gasteiger partial charge in [0, 0.05) is 23.7 Å². The van der Waals surface area contributed by atoms with Crippen molar-refractivity contribution in [3.8, 4) is 0 Å². The highest BCUT2D eigenvalue weighted by Crippen LogP contribution is 2.16. The molecule has 2 rings (SSSR count). The molecule has 0 spiro atoms. The van der Waals surface area contributed by atoms with Crippen LogP contribution in [0.1, 0.15) is 26.3 Å². The maximum Gasteiger partial charge on any atom is 0.0746 e. The van der Waals surface area contributed by atoms with Crippen LogP contribution in [0.3, 0.4) is 0 Å². The first kappa shape index (κ1) is 11.1. The second-order valence-electron chi connectivity index (χ2n) is 5.10. The lowest BCUT2D eigenvalue weighted by atomic mass is 10.1. The summed E-state index contributed by atoms with van der Waals surface area (Å²) in [4.78, 5) is 4.44. The van der Waals surface area contributed by atoms with Gasteiger partial charge in [-0.05, 0) is 32.4 Å². The first-order valence-electron chi connectivity index (χ1n) is 5.64. The number of nitrogens with one attached hydrogen (secondary N) is 1. The Morgan fingerprint density at radius 1 is 1.12 bits per heavy atom. The van der Waals surface area contributed by atoms with Gasteiger partial charge in [-0.15, -0.1) is 0 Å². The summed E-state index contributed by atoms with van der Waals surface area (Å²) >= 11 is 0. The molecule has 1 heterocycles. The molecule has 0 saturated heterocycles. The van der Waals surface area contributed by atoms with Crippen LogP contribution < -0.4 is 5.32 Å². The molecule has 16 heavy (non-hydrogen) atoms. The van der Waals surface area contributed by atoms with E-state index < -0.39 is 0 Å². The van der Waals surface area contributed by atoms with Crippen LogP contribution in [0.15, 0.2) is 36.5 Å². The van der Waals surface area contributed by atoms with Crippen LogP contribution in [0.4, 0.5) is 0 Å². The summed E-state index contributed by atoms with van der Waals surface area (Å²) in [6.07, 6.45) is 1.85. The van der Waals surface area contributed by atoms with Crippen molar-refractivity contribution in [1.82, 2.24) is 10.3 Å². The molecule has 1 aromatic carbocycles. The van der Waals surface area contributed by atoms with Gasteiger partial charge in [-0.1, -0.05) is 24.3 Å². The molecule has 0 aliphatic rings. The smallest absolute Gasteiger partial charge is 0.0746 e. The Labute approximate surface area is 96.7 Å². The molecular formula is C14H18N2. The average molecular weight is 214 g/mol. The zero-order chi connectivity index (χ0) is 11.6. The summed E-state index contributed by atoms with van der Waals surface area (Å²) in [7, 11) is 0. The van der Waals surface area contributed by atoms with Gasteiger partial charge in [0.15, 0.2) is 0 Å². The van der Waals surface area contributed by atoms with Crippen LogP contribution in [0.25, 0.3) is 10.9 Å². The highest BCUT2D eigenvalue weighted by Gasteiger charge is 2.09. The van der Waals surface area contributed by atoms with Crippen molar-refractivity contribution in [3.05, 3.63) is 42.1 Å². The second-order valence-corrected chi connectivity index (χ2v) is 5.10. The standard InChI is InChI=1S/C14H18N2/c1-14(2,3)16-10-12-7-4-6-11-8-5-9-15-13(11)12/h4-9,16H,10H2,1-3H3. The number of para-hydroxylation sites is 1. The predicted octanol–water partition coefficient (Wildman–Crippen LogP) is 3.12. The number of pyridine rings is 1. The summed E-state index contributed by atoms with van der Waals surface area (Å²) in [5.41, 5.74) is 2.49. The Morgan fingerprint density at radius 2 is 1.88 bits per heavy atom. The molecular weight excluding hydrogens is 196 g/mol. The van der Waals surface area contributed by atoms with E-state index in [1.807, 2.05) is 12.3 Å². The highest BCUT2D eigenvalue weighted by molar-refractivity contribution is 5.81. The van der Waals surface area contributed by atoms with Gasteiger partial charge < -0.3 is 5.32 Å². The van der Waals surface area contributed by atoms with Gasteiger partial charge in [0.2, 0.25) is 0 Å². The summed E-state index contributed by atoms with van der Waals surface area (Å²) in [6.45, 7) is 7.38. The zero-order valence-electron chi connectivity index (χ0n) is 10.1. The largest absolute Gasteiger partial charge is 0.308 e. The van der Waals surface area contributed by atoms with Crippen molar-refractivity contribution in [3.63, 3.8) is 0 Å². The Hall–Kier alpha value is -1.41. The van der Waals surface area contributed by atoms with E-state index in [1.165, 1.54) is 10.9 Å². The molecule has 0 unspecified atom stereocenters. The maximum absolute atomic E-state index is 4.44. The quantitative estimate of drug-likeness (QED) is 0.830. The number of rotatable bonds is 2. The molecule has 0 saturated carbocycles.